The fraction of sp³-hybridized carbons (Fsp3) is 0.333. The highest BCUT2D eigenvalue weighted by Crippen LogP contribution is 2.28. The molecular weight excluding hydrogens is 475 g/mol. The fourth-order valence-corrected chi connectivity index (χ4v) is 4.89. The van der Waals surface area contributed by atoms with E-state index in [0.29, 0.717) is 23.0 Å². The van der Waals surface area contributed by atoms with Gasteiger partial charge in [-0.3, -0.25) is 14.3 Å². The molecule has 1 fully saturated rings. The topological polar surface area (TPSA) is 86.8 Å². The molecule has 3 aromatic rings. The summed E-state index contributed by atoms with van der Waals surface area (Å²) >= 11 is 7.34. The lowest BCUT2D eigenvalue weighted by atomic mass is 10.1. The number of aromatic nitrogens is 3. The second kappa shape index (κ2) is 11.0. The standard InChI is InChI=1S/C24H24ClFN6OS/c1-16(23(33)28-19-8-5-17(14-27)21(25)13-19)34-24-30-29-22(15-31-11-3-2-4-12-31)32(24)20-9-6-18(26)7-10-20/h5-10,13,16H,2-4,11-12,15H2,1H3,(H,28,33). The van der Waals surface area contributed by atoms with Crippen molar-refractivity contribution < 1.29 is 9.18 Å². The van der Waals surface area contributed by atoms with Crippen LogP contribution in [0.2, 0.25) is 5.02 Å². The number of nitrogens with one attached hydrogen (secondary N) is 1. The van der Waals surface area contributed by atoms with Gasteiger partial charge in [0.1, 0.15) is 11.9 Å². The van der Waals surface area contributed by atoms with Gasteiger partial charge >= 0.3 is 0 Å². The summed E-state index contributed by atoms with van der Waals surface area (Å²) in [5, 5.41) is 21.0. The number of halogens is 2. The van der Waals surface area contributed by atoms with Crippen molar-refractivity contribution in [2.24, 2.45) is 0 Å². The number of nitriles is 1. The third kappa shape index (κ3) is 5.76. The molecule has 0 spiro atoms. The monoisotopic (exact) mass is 498 g/mol. The maximum absolute atomic E-state index is 13.6. The first-order valence-electron chi connectivity index (χ1n) is 11.0. The van der Waals surface area contributed by atoms with E-state index in [1.165, 1.54) is 30.3 Å². The minimum absolute atomic E-state index is 0.239. The van der Waals surface area contributed by atoms with E-state index in [2.05, 4.69) is 20.4 Å². The van der Waals surface area contributed by atoms with Gasteiger partial charge in [0.05, 0.1) is 22.4 Å². The summed E-state index contributed by atoms with van der Waals surface area (Å²) in [5.74, 6) is 0.192. The Morgan fingerprint density at radius 3 is 2.62 bits per heavy atom. The van der Waals surface area contributed by atoms with Crippen molar-refractivity contribution in [3.8, 4) is 11.8 Å². The van der Waals surface area contributed by atoms with Crippen molar-refractivity contribution in [1.82, 2.24) is 19.7 Å². The number of hydrogen-bond donors (Lipinski definition) is 1. The van der Waals surface area contributed by atoms with Gasteiger partial charge in [-0.25, -0.2) is 4.39 Å². The Morgan fingerprint density at radius 2 is 1.94 bits per heavy atom. The molecule has 1 aliphatic heterocycles. The maximum Gasteiger partial charge on any atom is 0.237 e. The van der Waals surface area contributed by atoms with Crippen molar-refractivity contribution in [2.45, 2.75) is 43.1 Å². The summed E-state index contributed by atoms with van der Waals surface area (Å²) in [7, 11) is 0. The Bertz CT molecular complexity index is 1200. The van der Waals surface area contributed by atoms with Crippen molar-refractivity contribution in [2.75, 3.05) is 18.4 Å². The first-order valence-corrected chi connectivity index (χ1v) is 12.3. The van der Waals surface area contributed by atoms with E-state index >= 15 is 0 Å². The molecule has 0 radical (unpaired) electrons. The third-order valence-electron chi connectivity index (χ3n) is 5.61. The van der Waals surface area contributed by atoms with Crippen LogP contribution in [0.1, 0.15) is 37.6 Å². The Hall–Kier alpha value is -2.93. The minimum atomic E-state index is -0.499. The lowest BCUT2D eigenvalue weighted by molar-refractivity contribution is -0.115. The highest BCUT2D eigenvalue weighted by Gasteiger charge is 2.23. The summed E-state index contributed by atoms with van der Waals surface area (Å²) in [6.45, 7) is 4.42. The van der Waals surface area contributed by atoms with Crippen LogP contribution in [0.4, 0.5) is 10.1 Å². The molecule has 1 aliphatic rings. The molecule has 0 saturated carbocycles. The molecule has 1 saturated heterocycles. The van der Waals surface area contributed by atoms with E-state index < -0.39 is 5.25 Å². The first kappa shape index (κ1) is 24.2. The fourth-order valence-electron chi connectivity index (χ4n) is 3.79. The summed E-state index contributed by atoms with van der Waals surface area (Å²) in [6, 6.07) is 12.9. The number of likely N-dealkylation sites (tertiary alicyclic amines) is 1. The van der Waals surface area contributed by atoms with Crippen molar-refractivity contribution >= 4 is 35.0 Å². The van der Waals surface area contributed by atoms with Crippen LogP contribution >= 0.6 is 23.4 Å². The van der Waals surface area contributed by atoms with Crippen molar-refractivity contribution in [3.63, 3.8) is 0 Å². The summed E-state index contributed by atoms with van der Waals surface area (Å²) in [4.78, 5) is 15.2. The van der Waals surface area contributed by atoms with E-state index in [0.717, 1.165) is 37.4 Å². The molecule has 1 atom stereocenters. The van der Waals surface area contributed by atoms with Gasteiger partial charge in [0.25, 0.3) is 0 Å². The molecule has 2 heterocycles. The molecule has 0 bridgehead atoms. The Balaban J connectivity index is 1.54. The minimum Gasteiger partial charge on any atom is -0.325 e. The van der Waals surface area contributed by atoms with E-state index in [1.807, 2.05) is 10.6 Å². The SMILES string of the molecule is CC(Sc1nnc(CN2CCCCC2)n1-c1ccc(F)cc1)C(=O)Nc1ccc(C#N)c(Cl)c1. The molecule has 34 heavy (non-hydrogen) atoms. The summed E-state index contributed by atoms with van der Waals surface area (Å²) in [6.07, 6.45) is 3.55. The summed E-state index contributed by atoms with van der Waals surface area (Å²) in [5.41, 5.74) is 1.59. The van der Waals surface area contributed by atoms with Gasteiger partial charge < -0.3 is 5.32 Å². The molecule has 176 valence electrons. The van der Waals surface area contributed by atoms with Gasteiger partial charge in [0, 0.05) is 11.4 Å². The molecular formula is C24H24ClFN6OS. The molecule has 0 aliphatic carbocycles. The number of carbonyl (C=O) groups excluding carboxylic acids is 1. The number of thioether (sulfide) groups is 1. The molecule has 10 heteroatoms. The number of hydrogen-bond acceptors (Lipinski definition) is 6. The van der Waals surface area contributed by atoms with Gasteiger partial charge in [-0.15, -0.1) is 10.2 Å². The van der Waals surface area contributed by atoms with Crippen LogP contribution in [0.3, 0.4) is 0 Å². The molecule has 2 aromatic carbocycles. The second-order valence-electron chi connectivity index (χ2n) is 8.10. The number of amides is 1. The zero-order chi connectivity index (χ0) is 24.1. The number of nitrogens with zero attached hydrogens (tertiary/aromatic N) is 5. The van der Waals surface area contributed by atoms with Gasteiger partial charge in [0.15, 0.2) is 11.0 Å². The van der Waals surface area contributed by atoms with Crippen molar-refractivity contribution in [1.29, 1.82) is 5.26 Å². The largest absolute Gasteiger partial charge is 0.325 e. The lowest BCUT2D eigenvalue weighted by Crippen LogP contribution is -2.30. The van der Waals surface area contributed by atoms with Crippen LogP contribution in [0.15, 0.2) is 47.6 Å². The van der Waals surface area contributed by atoms with Gasteiger partial charge in [-0.1, -0.05) is 29.8 Å². The highest BCUT2D eigenvalue weighted by atomic mass is 35.5. The summed E-state index contributed by atoms with van der Waals surface area (Å²) < 4.78 is 15.5. The number of piperidine rings is 1. The van der Waals surface area contributed by atoms with E-state index in [-0.39, 0.29) is 16.7 Å². The van der Waals surface area contributed by atoms with Crippen LogP contribution in [0.5, 0.6) is 0 Å². The van der Waals surface area contributed by atoms with E-state index in [9.17, 15) is 9.18 Å². The van der Waals surface area contributed by atoms with Gasteiger partial charge in [0.2, 0.25) is 5.91 Å². The van der Waals surface area contributed by atoms with Gasteiger partial charge in [-0.05, 0) is 75.3 Å². The zero-order valence-electron chi connectivity index (χ0n) is 18.7. The molecule has 7 nitrogen and oxygen atoms in total. The normalized spacial score (nSPS) is 15.0. The Labute approximate surface area is 206 Å². The molecule has 1 N–H and O–H groups in total. The average molecular weight is 499 g/mol. The predicted molar refractivity (Wildman–Crippen MR) is 131 cm³/mol. The Morgan fingerprint density at radius 1 is 1.21 bits per heavy atom. The highest BCUT2D eigenvalue weighted by molar-refractivity contribution is 8.00. The van der Waals surface area contributed by atoms with Crippen LogP contribution in [-0.4, -0.2) is 43.9 Å². The van der Waals surface area contributed by atoms with Crippen LogP contribution < -0.4 is 5.32 Å². The van der Waals surface area contributed by atoms with E-state index in [1.54, 1.807) is 37.3 Å². The number of benzene rings is 2. The third-order valence-corrected chi connectivity index (χ3v) is 6.96. The van der Waals surface area contributed by atoms with Crippen LogP contribution in [0.25, 0.3) is 5.69 Å². The maximum atomic E-state index is 13.6. The zero-order valence-corrected chi connectivity index (χ0v) is 20.2. The number of carbonyl (C=O) groups is 1. The van der Waals surface area contributed by atoms with Crippen LogP contribution in [-0.2, 0) is 11.3 Å². The second-order valence-corrected chi connectivity index (χ2v) is 9.82. The lowest BCUT2D eigenvalue weighted by Gasteiger charge is -2.26. The van der Waals surface area contributed by atoms with Crippen molar-refractivity contribution in [3.05, 3.63) is 64.7 Å². The van der Waals surface area contributed by atoms with Gasteiger partial charge in [-0.2, -0.15) is 5.26 Å². The molecule has 4 rings (SSSR count). The van der Waals surface area contributed by atoms with Crippen LogP contribution in [0, 0.1) is 17.1 Å². The van der Waals surface area contributed by atoms with E-state index in [4.69, 9.17) is 16.9 Å². The molecule has 1 aromatic heterocycles. The first-order chi connectivity index (χ1) is 16.4. The Kier molecular flexibility index (Phi) is 7.83. The number of anilines is 1. The molecule has 1 unspecified atom stereocenters. The number of rotatable bonds is 7. The average Bonchev–Trinajstić information content (AvgIpc) is 3.22. The molecule has 1 amide bonds. The smallest absolute Gasteiger partial charge is 0.237 e. The quantitative estimate of drug-likeness (QED) is 0.459. The predicted octanol–water partition coefficient (Wildman–Crippen LogP) is 5.04.